The normalized spacial score (nSPS) is 18.3. The molecule has 3 heterocycles. The molecule has 4 nitrogen and oxygen atoms in total. The zero-order valence-corrected chi connectivity index (χ0v) is 23.2. The van der Waals surface area contributed by atoms with E-state index in [1.807, 2.05) is 30.3 Å². The van der Waals surface area contributed by atoms with Crippen LogP contribution in [0.2, 0.25) is 0 Å². The maximum atomic E-state index is 13.9. The molecule has 0 aliphatic carbocycles. The zero-order chi connectivity index (χ0) is 26.5. The number of ether oxygens (including phenoxy) is 2. The van der Waals surface area contributed by atoms with Crippen LogP contribution >= 0.6 is 15.9 Å². The SMILES string of the molecule is COc1cc2c(cc1OCc1ccccc1)CCN1C2Cc2c([nH]c3ccc(Br)cc23)C1c1ccc(F)cc1. The van der Waals surface area contributed by atoms with E-state index in [1.54, 1.807) is 19.2 Å². The lowest BCUT2D eigenvalue weighted by Crippen LogP contribution is -2.43. The average molecular weight is 584 g/mol. The number of hydrogen-bond donors (Lipinski definition) is 1. The number of fused-ring (bicyclic) bond motifs is 6. The highest BCUT2D eigenvalue weighted by molar-refractivity contribution is 9.10. The van der Waals surface area contributed by atoms with Gasteiger partial charge in [-0.2, -0.15) is 0 Å². The number of rotatable bonds is 5. The Morgan fingerprint density at radius 2 is 1.79 bits per heavy atom. The summed E-state index contributed by atoms with van der Waals surface area (Å²) in [5.41, 5.74) is 8.41. The summed E-state index contributed by atoms with van der Waals surface area (Å²) in [4.78, 5) is 6.29. The average Bonchev–Trinajstić information content (AvgIpc) is 3.32. The monoisotopic (exact) mass is 582 g/mol. The van der Waals surface area contributed by atoms with Crippen molar-refractivity contribution in [1.82, 2.24) is 9.88 Å². The highest BCUT2D eigenvalue weighted by Gasteiger charge is 2.41. The van der Waals surface area contributed by atoms with Crippen molar-refractivity contribution in [1.29, 1.82) is 0 Å². The maximum Gasteiger partial charge on any atom is 0.161 e. The van der Waals surface area contributed by atoms with E-state index in [2.05, 4.69) is 68.3 Å². The van der Waals surface area contributed by atoms with Gasteiger partial charge in [0, 0.05) is 33.7 Å². The maximum absolute atomic E-state index is 13.9. The Hall–Kier alpha value is -3.61. The molecule has 0 saturated carbocycles. The second-order valence-electron chi connectivity index (χ2n) is 10.3. The van der Waals surface area contributed by atoms with Crippen LogP contribution in [0, 0.1) is 5.82 Å². The molecule has 39 heavy (non-hydrogen) atoms. The van der Waals surface area contributed by atoms with E-state index in [0.717, 1.165) is 52.0 Å². The number of benzene rings is 4. The summed E-state index contributed by atoms with van der Waals surface area (Å²) in [6.07, 6.45) is 1.78. The number of aromatic nitrogens is 1. The topological polar surface area (TPSA) is 37.5 Å². The molecule has 0 radical (unpaired) electrons. The fraction of sp³-hybridized carbons (Fsp3) is 0.212. The summed E-state index contributed by atoms with van der Waals surface area (Å²) in [5.74, 6) is 1.30. The molecule has 0 bridgehead atoms. The lowest BCUT2D eigenvalue weighted by Gasteiger charge is -2.46. The van der Waals surface area contributed by atoms with Gasteiger partial charge in [-0.25, -0.2) is 4.39 Å². The van der Waals surface area contributed by atoms with Crippen LogP contribution in [-0.2, 0) is 19.4 Å². The molecule has 7 rings (SSSR count). The molecule has 0 spiro atoms. The molecule has 5 aromatic rings. The molecule has 1 aromatic heterocycles. The van der Waals surface area contributed by atoms with Crippen molar-refractivity contribution in [3.8, 4) is 11.5 Å². The molecule has 2 atom stereocenters. The lowest BCUT2D eigenvalue weighted by molar-refractivity contribution is 0.127. The van der Waals surface area contributed by atoms with E-state index < -0.39 is 0 Å². The van der Waals surface area contributed by atoms with Gasteiger partial charge in [0.2, 0.25) is 0 Å². The van der Waals surface area contributed by atoms with E-state index in [0.29, 0.717) is 6.61 Å². The smallest absolute Gasteiger partial charge is 0.161 e. The molecule has 0 amide bonds. The van der Waals surface area contributed by atoms with Crippen LogP contribution in [0.5, 0.6) is 11.5 Å². The molecule has 196 valence electrons. The first-order chi connectivity index (χ1) is 19.1. The van der Waals surface area contributed by atoms with E-state index in [-0.39, 0.29) is 17.9 Å². The molecule has 2 aliphatic heterocycles. The van der Waals surface area contributed by atoms with Crippen molar-refractivity contribution in [2.24, 2.45) is 0 Å². The van der Waals surface area contributed by atoms with Crippen molar-refractivity contribution < 1.29 is 13.9 Å². The number of aromatic amines is 1. The Kier molecular flexibility index (Phi) is 6.17. The number of nitrogens with zero attached hydrogens (tertiary/aromatic N) is 1. The fourth-order valence-corrected chi connectivity index (χ4v) is 6.69. The molecule has 6 heteroatoms. The highest BCUT2D eigenvalue weighted by atomic mass is 79.9. The Bertz CT molecular complexity index is 1670. The Morgan fingerprint density at radius 3 is 2.59 bits per heavy atom. The largest absolute Gasteiger partial charge is 0.493 e. The van der Waals surface area contributed by atoms with Gasteiger partial charge in [0.1, 0.15) is 12.4 Å². The molecular weight excluding hydrogens is 555 g/mol. The predicted octanol–water partition coefficient (Wildman–Crippen LogP) is 7.90. The van der Waals surface area contributed by atoms with Crippen molar-refractivity contribution in [2.75, 3.05) is 13.7 Å². The Morgan fingerprint density at radius 1 is 0.974 bits per heavy atom. The van der Waals surface area contributed by atoms with Crippen molar-refractivity contribution >= 4 is 26.8 Å². The first-order valence-corrected chi connectivity index (χ1v) is 14.1. The van der Waals surface area contributed by atoms with Crippen LogP contribution in [0.3, 0.4) is 0 Å². The van der Waals surface area contributed by atoms with Crippen LogP contribution in [-0.4, -0.2) is 23.5 Å². The number of hydrogen-bond acceptors (Lipinski definition) is 3. The summed E-state index contributed by atoms with van der Waals surface area (Å²) in [5, 5.41) is 1.23. The van der Waals surface area contributed by atoms with Gasteiger partial charge >= 0.3 is 0 Å². The summed E-state index contributed by atoms with van der Waals surface area (Å²) in [6, 6.07) is 28.1. The van der Waals surface area contributed by atoms with Gasteiger partial charge in [0.15, 0.2) is 11.5 Å². The van der Waals surface area contributed by atoms with E-state index in [4.69, 9.17) is 9.47 Å². The number of halogens is 2. The summed E-state index contributed by atoms with van der Waals surface area (Å²) >= 11 is 3.67. The number of nitrogens with one attached hydrogen (secondary N) is 1. The second-order valence-corrected chi connectivity index (χ2v) is 11.3. The van der Waals surface area contributed by atoms with Gasteiger partial charge in [-0.15, -0.1) is 0 Å². The van der Waals surface area contributed by atoms with E-state index in [1.165, 1.54) is 27.8 Å². The van der Waals surface area contributed by atoms with Crippen molar-refractivity contribution in [3.05, 3.63) is 129 Å². The van der Waals surface area contributed by atoms with Crippen LogP contribution in [0.1, 0.15) is 45.6 Å². The standard InChI is InChI=1S/C33H28BrFN2O2/c1-38-30-18-25-22(15-31(30)39-19-20-5-3-2-4-6-20)13-14-37-29(25)17-27-26-16-23(34)9-12-28(26)36-32(27)33(37)21-7-10-24(35)11-8-21/h2-12,15-16,18,29,33,36H,13-14,17,19H2,1H3. The van der Waals surface area contributed by atoms with Crippen LogP contribution < -0.4 is 9.47 Å². The lowest BCUT2D eigenvalue weighted by atomic mass is 9.80. The molecule has 2 unspecified atom stereocenters. The Labute approximate surface area is 235 Å². The third-order valence-corrected chi connectivity index (χ3v) is 8.64. The second kappa shape index (κ2) is 9.85. The predicted molar refractivity (Wildman–Crippen MR) is 155 cm³/mol. The van der Waals surface area contributed by atoms with Crippen LogP contribution in [0.15, 0.2) is 89.4 Å². The minimum atomic E-state index is -0.219. The van der Waals surface area contributed by atoms with Gasteiger partial charge in [-0.3, -0.25) is 4.90 Å². The van der Waals surface area contributed by atoms with Crippen LogP contribution in [0.4, 0.5) is 4.39 Å². The fourth-order valence-electron chi connectivity index (χ4n) is 6.33. The van der Waals surface area contributed by atoms with Crippen LogP contribution in [0.25, 0.3) is 10.9 Å². The van der Waals surface area contributed by atoms with Gasteiger partial charge < -0.3 is 14.5 Å². The molecule has 1 N–H and O–H groups in total. The summed E-state index contributed by atoms with van der Waals surface area (Å²) < 4.78 is 27.1. The Balaban J connectivity index is 1.32. The summed E-state index contributed by atoms with van der Waals surface area (Å²) in [7, 11) is 1.70. The van der Waals surface area contributed by atoms with Crippen molar-refractivity contribution in [3.63, 3.8) is 0 Å². The quantitative estimate of drug-likeness (QED) is 0.229. The highest BCUT2D eigenvalue weighted by Crippen LogP contribution is 2.50. The molecule has 2 aliphatic rings. The number of methoxy groups -OCH3 is 1. The minimum Gasteiger partial charge on any atom is -0.493 e. The van der Waals surface area contributed by atoms with E-state index in [9.17, 15) is 4.39 Å². The van der Waals surface area contributed by atoms with E-state index >= 15 is 0 Å². The first kappa shape index (κ1) is 24.4. The van der Waals surface area contributed by atoms with Gasteiger partial charge in [0.05, 0.1) is 13.2 Å². The van der Waals surface area contributed by atoms with Gasteiger partial charge in [-0.1, -0.05) is 58.4 Å². The third-order valence-electron chi connectivity index (χ3n) is 8.15. The molecule has 4 aromatic carbocycles. The summed E-state index contributed by atoms with van der Waals surface area (Å²) in [6.45, 7) is 1.38. The third kappa shape index (κ3) is 4.32. The number of H-pyrrole nitrogens is 1. The van der Waals surface area contributed by atoms with Crippen molar-refractivity contribution in [2.45, 2.75) is 31.5 Å². The first-order valence-electron chi connectivity index (χ1n) is 13.3. The van der Waals surface area contributed by atoms with Gasteiger partial charge in [-0.05, 0) is 83.1 Å². The molecule has 0 fully saturated rings. The minimum absolute atomic E-state index is 0.00122. The van der Waals surface area contributed by atoms with Gasteiger partial charge in [0.25, 0.3) is 0 Å². The molecular formula is C33H28BrFN2O2. The molecule has 0 saturated heterocycles. The zero-order valence-electron chi connectivity index (χ0n) is 21.6.